The SMILES string of the molecule is Cc1cc(C)nc(N/C(=N\C(=S)Nc2cccc(C)c2C)Nc2cnc3ccccc3c2)n1. The number of aryl methyl sites for hydroxylation is 3. The van der Waals surface area contributed by atoms with Crippen LogP contribution in [0.1, 0.15) is 22.5 Å². The van der Waals surface area contributed by atoms with Gasteiger partial charge in [-0.25, -0.2) is 9.97 Å². The number of hydrogen-bond acceptors (Lipinski definition) is 4. The van der Waals surface area contributed by atoms with Crippen LogP contribution in [0.25, 0.3) is 10.9 Å². The lowest BCUT2D eigenvalue weighted by atomic mass is 10.1. The number of rotatable bonds is 3. The Kier molecular flexibility index (Phi) is 6.55. The van der Waals surface area contributed by atoms with Gasteiger partial charge < -0.3 is 10.6 Å². The summed E-state index contributed by atoms with van der Waals surface area (Å²) in [5.74, 6) is 0.821. The first kappa shape index (κ1) is 22.3. The lowest BCUT2D eigenvalue weighted by molar-refractivity contribution is 1.06. The van der Waals surface area contributed by atoms with Crippen molar-refractivity contribution in [2.45, 2.75) is 27.7 Å². The molecule has 2 aromatic carbocycles. The first-order valence-electron chi connectivity index (χ1n) is 10.5. The van der Waals surface area contributed by atoms with Gasteiger partial charge in [-0.2, -0.15) is 4.99 Å². The van der Waals surface area contributed by atoms with Gasteiger partial charge in [-0.3, -0.25) is 10.3 Å². The molecule has 0 bridgehead atoms. The molecule has 3 N–H and O–H groups in total. The summed E-state index contributed by atoms with van der Waals surface area (Å²) in [4.78, 5) is 18.0. The van der Waals surface area contributed by atoms with Crippen LogP contribution < -0.4 is 16.0 Å². The molecule has 0 fully saturated rings. The summed E-state index contributed by atoms with van der Waals surface area (Å²) in [6.45, 7) is 7.95. The molecule has 7 nitrogen and oxygen atoms in total. The first-order valence-corrected chi connectivity index (χ1v) is 11.0. The molecule has 0 spiro atoms. The smallest absolute Gasteiger partial charge is 0.229 e. The Labute approximate surface area is 198 Å². The average molecular weight is 456 g/mol. The van der Waals surface area contributed by atoms with Crippen molar-refractivity contribution < 1.29 is 0 Å². The monoisotopic (exact) mass is 455 g/mol. The van der Waals surface area contributed by atoms with Crippen molar-refractivity contribution in [1.82, 2.24) is 15.0 Å². The Morgan fingerprint density at radius 2 is 1.61 bits per heavy atom. The van der Waals surface area contributed by atoms with Gasteiger partial charge >= 0.3 is 0 Å². The largest absolute Gasteiger partial charge is 0.331 e. The Hall–Kier alpha value is -3.91. The number of pyridine rings is 1. The normalized spacial score (nSPS) is 11.3. The Morgan fingerprint density at radius 1 is 0.848 bits per heavy atom. The van der Waals surface area contributed by atoms with Crippen LogP contribution in [-0.4, -0.2) is 26.0 Å². The van der Waals surface area contributed by atoms with E-state index in [1.165, 1.54) is 5.56 Å². The zero-order chi connectivity index (χ0) is 23.4. The van der Waals surface area contributed by atoms with E-state index in [2.05, 4.69) is 48.9 Å². The molecular formula is C25H25N7S. The molecular weight excluding hydrogens is 430 g/mol. The maximum atomic E-state index is 5.54. The highest BCUT2D eigenvalue weighted by Gasteiger charge is 2.09. The van der Waals surface area contributed by atoms with E-state index >= 15 is 0 Å². The molecule has 33 heavy (non-hydrogen) atoms. The minimum absolute atomic E-state index is 0.303. The number of hydrogen-bond donors (Lipinski definition) is 3. The third-order valence-electron chi connectivity index (χ3n) is 5.13. The highest BCUT2D eigenvalue weighted by atomic mass is 32.1. The molecule has 2 heterocycles. The highest BCUT2D eigenvalue weighted by molar-refractivity contribution is 7.80. The van der Waals surface area contributed by atoms with Gasteiger partial charge in [0, 0.05) is 22.5 Å². The van der Waals surface area contributed by atoms with Gasteiger partial charge in [0.25, 0.3) is 0 Å². The van der Waals surface area contributed by atoms with Crippen molar-refractivity contribution >= 4 is 51.5 Å². The average Bonchev–Trinajstić information content (AvgIpc) is 2.76. The van der Waals surface area contributed by atoms with Crippen LogP contribution in [0.4, 0.5) is 17.3 Å². The second-order valence-electron chi connectivity index (χ2n) is 7.78. The van der Waals surface area contributed by atoms with Gasteiger partial charge in [0.15, 0.2) is 0 Å². The Balaban J connectivity index is 1.64. The molecule has 166 valence electrons. The van der Waals surface area contributed by atoms with Gasteiger partial charge in [0.05, 0.1) is 17.4 Å². The van der Waals surface area contributed by atoms with Crippen molar-refractivity contribution in [3.63, 3.8) is 0 Å². The zero-order valence-electron chi connectivity index (χ0n) is 19.0. The number of guanidine groups is 1. The van der Waals surface area contributed by atoms with E-state index in [-0.39, 0.29) is 0 Å². The standard InChI is InChI=1S/C25H25N7S/c1-15-8-7-11-21(18(15)4)30-25(33)32-24(31-23-27-16(2)12-17(3)28-23)29-20-13-19-9-5-6-10-22(19)26-14-20/h5-14H,1-4H3,(H3,27,28,29,30,31,32,33). The van der Waals surface area contributed by atoms with Gasteiger partial charge in [0.1, 0.15) is 0 Å². The predicted octanol–water partition coefficient (Wildman–Crippen LogP) is 5.54. The van der Waals surface area contributed by atoms with Crippen LogP contribution in [-0.2, 0) is 0 Å². The van der Waals surface area contributed by atoms with E-state index in [4.69, 9.17) is 12.2 Å². The fourth-order valence-corrected chi connectivity index (χ4v) is 3.58. The van der Waals surface area contributed by atoms with Crippen LogP contribution >= 0.6 is 12.2 Å². The van der Waals surface area contributed by atoms with E-state index in [0.29, 0.717) is 17.0 Å². The second kappa shape index (κ2) is 9.70. The summed E-state index contributed by atoms with van der Waals surface area (Å²) >= 11 is 5.54. The first-order chi connectivity index (χ1) is 15.9. The van der Waals surface area contributed by atoms with Gasteiger partial charge in [0.2, 0.25) is 17.0 Å². The lowest BCUT2D eigenvalue weighted by Gasteiger charge is -2.14. The zero-order valence-corrected chi connectivity index (χ0v) is 19.8. The predicted molar refractivity (Wildman–Crippen MR) is 140 cm³/mol. The van der Waals surface area contributed by atoms with Crippen LogP contribution in [0.5, 0.6) is 0 Å². The Bertz CT molecular complexity index is 1340. The molecule has 4 rings (SSSR count). The van der Waals surface area contributed by atoms with Crippen LogP contribution in [0, 0.1) is 27.7 Å². The fraction of sp³-hybridized carbons (Fsp3) is 0.160. The Morgan fingerprint density at radius 3 is 2.39 bits per heavy atom. The summed E-state index contributed by atoms with van der Waals surface area (Å²) in [5, 5.41) is 11.0. The second-order valence-corrected chi connectivity index (χ2v) is 8.17. The quantitative estimate of drug-likeness (QED) is 0.212. The van der Waals surface area contributed by atoms with Crippen molar-refractivity contribution in [2.24, 2.45) is 4.99 Å². The molecule has 4 aromatic rings. The van der Waals surface area contributed by atoms with Crippen LogP contribution in [0.2, 0.25) is 0 Å². The number of anilines is 3. The number of benzene rings is 2. The molecule has 0 amide bonds. The van der Waals surface area contributed by atoms with Gasteiger partial charge in [-0.05, 0) is 75.3 Å². The number of aromatic nitrogens is 3. The topological polar surface area (TPSA) is 87.1 Å². The summed E-state index contributed by atoms with van der Waals surface area (Å²) in [5.41, 5.74) is 6.60. The van der Waals surface area contributed by atoms with Gasteiger partial charge in [-0.15, -0.1) is 0 Å². The van der Waals surface area contributed by atoms with Gasteiger partial charge in [-0.1, -0.05) is 30.3 Å². The van der Waals surface area contributed by atoms with E-state index < -0.39 is 0 Å². The minimum atomic E-state index is 0.303. The summed E-state index contributed by atoms with van der Waals surface area (Å²) in [7, 11) is 0. The van der Waals surface area contributed by atoms with Crippen molar-refractivity contribution in [3.05, 3.63) is 83.3 Å². The fourth-order valence-electron chi connectivity index (χ4n) is 3.38. The van der Waals surface area contributed by atoms with Crippen LogP contribution in [0.3, 0.4) is 0 Å². The number of para-hydroxylation sites is 1. The van der Waals surface area contributed by atoms with Crippen molar-refractivity contribution in [2.75, 3.05) is 16.0 Å². The number of fused-ring (bicyclic) bond motifs is 1. The molecule has 0 aliphatic rings. The number of nitrogens with one attached hydrogen (secondary N) is 3. The summed E-state index contributed by atoms with van der Waals surface area (Å²) < 4.78 is 0. The molecule has 0 saturated heterocycles. The number of aliphatic imine (C=N–C) groups is 1. The van der Waals surface area contributed by atoms with E-state index in [1.807, 2.05) is 69.3 Å². The van der Waals surface area contributed by atoms with Crippen molar-refractivity contribution in [3.8, 4) is 0 Å². The molecule has 0 aliphatic carbocycles. The lowest BCUT2D eigenvalue weighted by Crippen LogP contribution is -2.26. The molecule has 0 unspecified atom stereocenters. The van der Waals surface area contributed by atoms with Crippen molar-refractivity contribution in [1.29, 1.82) is 0 Å². The molecule has 2 aromatic heterocycles. The maximum Gasteiger partial charge on any atom is 0.229 e. The number of nitrogens with zero attached hydrogens (tertiary/aromatic N) is 4. The summed E-state index contributed by atoms with van der Waals surface area (Å²) in [6, 6.07) is 17.9. The third kappa shape index (κ3) is 5.67. The van der Waals surface area contributed by atoms with Crippen LogP contribution in [0.15, 0.2) is 65.8 Å². The molecule has 0 aliphatic heterocycles. The van der Waals surface area contributed by atoms with E-state index in [1.54, 1.807) is 6.20 Å². The molecule has 8 heteroatoms. The third-order valence-corrected chi connectivity index (χ3v) is 5.32. The minimum Gasteiger partial charge on any atom is -0.331 e. The molecule has 0 saturated carbocycles. The maximum absolute atomic E-state index is 5.54. The van der Waals surface area contributed by atoms with E-state index in [0.717, 1.165) is 39.2 Å². The highest BCUT2D eigenvalue weighted by Crippen LogP contribution is 2.19. The van der Waals surface area contributed by atoms with E-state index in [9.17, 15) is 0 Å². The molecule has 0 radical (unpaired) electrons. The molecule has 0 atom stereocenters. The number of thiocarbonyl (C=S) groups is 1. The summed E-state index contributed by atoms with van der Waals surface area (Å²) in [6.07, 6.45) is 1.75.